The van der Waals surface area contributed by atoms with Gasteiger partial charge in [0.25, 0.3) is 0 Å². The van der Waals surface area contributed by atoms with Crippen LogP contribution in [0.2, 0.25) is 0 Å². The molecule has 0 radical (unpaired) electrons. The lowest BCUT2D eigenvalue weighted by Gasteiger charge is -2.34. The molecular weight excluding hydrogens is 334 g/mol. The molecule has 132 valence electrons. The summed E-state index contributed by atoms with van der Waals surface area (Å²) in [4.78, 5) is 25.6. The molecule has 2 aromatic rings. The summed E-state index contributed by atoms with van der Waals surface area (Å²) in [6, 6.07) is 6.51. The third-order valence-electron chi connectivity index (χ3n) is 4.39. The van der Waals surface area contributed by atoms with Crippen LogP contribution < -0.4 is 5.32 Å². The molecular formula is C18H23N5OS. The molecule has 0 atom stereocenters. The number of nitrogens with one attached hydrogen (secondary N) is 1. The van der Waals surface area contributed by atoms with Gasteiger partial charge in [0.05, 0.1) is 5.69 Å². The quantitative estimate of drug-likeness (QED) is 0.761. The van der Waals surface area contributed by atoms with Crippen LogP contribution in [0.4, 0.5) is 11.5 Å². The van der Waals surface area contributed by atoms with Gasteiger partial charge in [0.2, 0.25) is 5.91 Å². The molecule has 7 heteroatoms. The number of hydrogen-bond acceptors (Lipinski definition) is 6. The Morgan fingerprint density at radius 1 is 1.20 bits per heavy atom. The number of benzene rings is 1. The largest absolute Gasteiger partial charge is 0.340 e. The molecule has 1 aromatic heterocycles. The van der Waals surface area contributed by atoms with Gasteiger partial charge in [-0.15, -0.1) is 0 Å². The number of amides is 1. The normalized spacial score (nSPS) is 16.3. The molecule has 0 bridgehead atoms. The van der Waals surface area contributed by atoms with Crippen molar-refractivity contribution in [1.29, 1.82) is 0 Å². The van der Waals surface area contributed by atoms with Gasteiger partial charge in [-0.1, -0.05) is 25.3 Å². The summed E-state index contributed by atoms with van der Waals surface area (Å²) in [5.41, 5.74) is 2.36. The number of aromatic nitrogens is 2. The average Bonchev–Trinajstić information content (AvgIpc) is 2.60. The minimum atomic E-state index is 0. The zero-order chi connectivity index (χ0) is 16.5. The summed E-state index contributed by atoms with van der Waals surface area (Å²) in [6.45, 7) is 6.02. The molecule has 0 saturated carbocycles. The Balaban J connectivity index is 0.00000182. The van der Waals surface area contributed by atoms with Crippen molar-refractivity contribution in [3.05, 3.63) is 36.2 Å². The standard InChI is InChI=1S/C17H19N5OS.CH4/c1-12(23)22-8-6-21(7-9-22)11-13-2-3-15-14(10-13)20-16-17(24-15)19-5-4-18-16;/h2-5,10H,6-9,11H2,1H3,(H,18,20);1H4. The van der Waals surface area contributed by atoms with Gasteiger partial charge in [-0.25, -0.2) is 9.97 Å². The number of piperazine rings is 1. The monoisotopic (exact) mass is 357 g/mol. The highest BCUT2D eigenvalue weighted by Gasteiger charge is 2.20. The van der Waals surface area contributed by atoms with E-state index in [9.17, 15) is 4.79 Å². The molecule has 2 aliphatic rings. The smallest absolute Gasteiger partial charge is 0.219 e. The van der Waals surface area contributed by atoms with Crippen molar-refractivity contribution in [2.45, 2.75) is 30.8 Å². The van der Waals surface area contributed by atoms with E-state index in [2.05, 4.69) is 38.4 Å². The van der Waals surface area contributed by atoms with E-state index in [4.69, 9.17) is 0 Å². The lowest BCUT2D eigenvalue weighted by molar-refractivity contribution is -0.130. The Kier molecular flexibility index (Phi) is 5.24. The maximum Gasteiger partial charge on any atom is 0.219 e. The van der Waals surface area contributed by atoms with Crippen molar-refractivity contribution in [1.82, 2.24) is 19.8 Å². The van der Waals surface area contributed by atoms with Gasteiger partial charge in [0, 0.05) is 56.9 Å². The molecule has 1 N–H and O–H groups in total. The highest BCUT2D eigenvalue weighted by Crippen LogP contribution is 2.42. The molecule has 1 amide bonds. The van der Waals surface area contributed by atoms with Gasteiger partial charge in [0.1, 0.15) is 5.03 Å². The SMILES string of the molecule is C.CC(=O)N1CCN(Cc2ccc3c(c2)Nc2nccnc2S3)CC1. The fraction of sp³-hybridized carbons (Fsp3) is 0.389. The van der Waals surface area contributed by atoms with Gasteiger partial charge in [-0.2, -0.15) is 0 Å². The summed E-state index contributed by atoms with van der Waals surface area (Å²) < 4.78 is 0. The Bertz CT molecular complexity index is 774. The maximum absolute atomic E-state index is 11.4. The summed E-state index contributed by atoms with van der Waals surface area (Å²) >= 11 is 1.65. The number of nitrogens with zero attached hydrogens (tertiary/aromatic N) is 4. The van der Waals surface area contributed by atoms with Gasteiger partial charge in [-0.3, -0.25) is 9.69 Å². The second-order valence-electron chi connectivity index (χ2n) is 6.05. The summed E-state index contributed by atoms with van der Waals surface area (Å²) in [5, 5.41) is 4.29. The molecule has 1 fully saturated rings. The van der Waals surface area contributed by atoms with Crippen LogP contribution in [-0.2, 0) is 11.3 Å². The summed E-state index contributed by atoms with van der Waals surface area (Å²) in [7, 11) is 0. The molecule has 25 heavy (non-hydrogen) atoms. The number of hydrogen-bond donors (Lipinski definition) is 1. The molecule has 1 saturated heterocycles. The van der Waals surface area contributed by atoms with Crippen molar-refractivity contribution >= 4 is 29.2 Å². The molecule has 0 spiro atoms. The van der Waals surface area contributed by atoms with E-state index >= 15 is 0 Å². The van der Waals surface area contributed by atoms with Gasteiger partial charge in [-0.05, 0) is 17.7 Å². The Morgan fingerprint density at radius 2 is 1.96 bits per heavy atom. The first-order chi connectivity index (χ1) is 11.7. The second kappa shape index (κ2) is 7.41. The predicted octanol–water partition coefficient (Wildman–Crippen LogP) is 2.99. The van der Waals surface area contributed by atoms with Gasteiger partial charge in [0.15, 0.2) is 5.82 Å². The molecule has 1 aromatic carbocycles. The number of anilines is 2. The topological polar surface area (TPSA) is 61.4 Å². The van der Waals surface area contributed by atoms with Crippen LogP contribution in [0.15, 0.2) is 40.5 Å². The van der Waals surface area contributed by atoms with Crippen molar-refractivity contribution in [3.63, 3.8) is 0 Å². The van der Waals surface area contributed by atoms with E-state index in [0.29, 0.717) is 0 Å². The second-order valence-corrected chi connectivity index (χ2v) is 7.08. The van der Waals surface area contributed by atoms with E-state index in [1.54, 1.807) is 31.1 Å². The number of rotatable bonds is 2. The van der Waals surface area contributed by atoms with Crippen LogP contribution in [0.1, 0.15) is 19.9 Å². The number of carbonyl (C=O) groups excluding carboxylic acids is 1. The van der Waals surface area contributed by atoms with Crippen LogP contribution in [0.25, 0.3) is 0 Å². The maximum atomic E-state index is 11.4. The molecule has 2 aliphatic heterocycles. The van der Waals surface area contributed by atoms with Gasteiger partial charge >= 0.3 is 0 Å². The third-order valence-corrected chi connectivity index (χ3v) is 5.46. The lowest BCUT2D eigenvalue weighted by atomic mass is 10.1. The molecule has 6 nitrogen and oxygen atoms in total. The minimum Gasteiger partial charge on any atom is -0.340 e. The van der Waals surface area contributed by atoms with Crippen molar-refractivity contribution in [3.8, 4) is 0 Å². The summed E-state index contributed by atoms with van der Waals surface area (Å²) in [6.07, 6.45) is 3.42. The molecule has 4 rings (SSSR count). The average molecular weight is 357 g/mol. The molecule has 0 aliphatic carbocycles. The van der Waals surface area contributed by atoms with E-state index in [0.717, 1.165) is 49.3 Å². The van der Waals surface area contributed by atoms with E-state index in [1.807, 2.05) is 4.90 Å². The van der Waals surface area contributed by atoms with E-state index < -0.39 is 0 Å². The zero-order valence-corrected chi connectivity index (χ0v) is 14.3. The lowest BCUT2D eigenvalue weighted by Crippen LogP contribution is -2.47. The van der Waals surface area contributed by atoms with E-state index in [1.165, 1.54) is 10.5 Å². The third kappa shape index (κ3) is 3.77. The van der Waals surface area contributed by atoms with Crippen molar-refractivity contribution in [2.24, 2.45) is 0 Å². The fourth-order valence-corrected chi connectivity index (χ4v) is 3.94. The summed E-state index contributed by atoms with van der Waals surface area (Å²) in [5.74, 6) is 0.992. The van der Waals surface area contributed by atoms with E-state index in [-0.39, 0.29) is 13.3 Å². The van der Waals surface area contributed by atoms with Crippen LogP contribution in [0.5, 0.6) is 0 Å². The van der Waals surface area contributed by atoms with Crippen LogP contribution in [-0.4, -0.2) is 51.9 Å². The zero-order valence-electron chi connectivity index (χ0n) is 13.5. The number of fused-ring (bicyclic) bond motifs is 2. The predicted molar refractivity (Wildman–Crippen MR) is 100 cm³/mol. The fourth-order valence-electron chi connectivity index (χ4n) is 3.06. The Hall–Kier alpha value is -2.12. The highest BCUT2D eigenvalue weighted by atomic mass is 32.2. The van der Waals surface area contributed by atoms with Crippen LogP contribution in [0.3, 0.4) is 0 Å². The van der Waals surface area contributed by atoms with Crippen molar-refractivity contribution < 1.29 is 4.79 Å². The number of carbonyl (C=O) groups is 1. The molecule has 3 heterocycles. The van der Waals surface area contributed by atoms with Crippen LogP contribution >= 0.6 is 11.8 Å². The Morgan fingerprint density at radius 3 is 2.72 bits per heavy atom. The van der Waals surface area contributed by atoms with Gasteiger partial charge < -0.3 is 10.2 Å². The first kappa shape index (κ1) is 17.7. The first-order valence-corrected chi connectivity index (χ1v) is 8.87. The minimum absolute atomic E-state index is 0. The molecule has 0 unspecified atom stereocenters. The van der Waals surface area contributed by atoms with Crippen LogP contribution in [0, 0.1) is 0 Å². The Labute approximate surface area is 152 Å². The van der Waals surface area contributed by atoms with Crippen molar-refractivity contribution in [2.75, 3.05) is 31.5 Å². The highest BCUT2D eigenvalue weighted by molar-refractivity contribution is 7.99. The first-order valence-electron chi connectivity index (χ1n) is 8.06.